The van der Waals surface area contributed by atoms with Crippen molar-refractivity contribution in [2.24, 2.45) is 0 Å². The standard InChI is InChI=1S/C10H9ClO3Si/c1-15(2,11)7-5-3-4-6-8(7)10(13)14-9(6)12/h3-5H,1-2H3. The van der Waals surface area contributed by atoms with Crippen molar-refractivity contribution in [2.75, 3.05) is 0 Å². The minimum atomic E-state index is -2.14. The molecule has 1 aliphatic heterocycles. The normalized spacial score (nSPS) is 15.1. The van der Waals surface area contributed by atoms with Gasteiger partial charge >= 0.3 is 11.9 Å². The molecule has 5 heteroatoms. The lowest BCUT2D eigenvalue weighted by Crippen LogP contribution is -2.38. The highest BCUT2D eigenvalue weighted by atomic mass is 35.6. The lowest BCUT2D eigenvalue weighted by atomic mass is 10.1. The number of hydrogen-bond acceptors (Lipinski definition) is 3. The fourth-order valence-electron chi connectivity index (χ4n) is 1.63. The van der Waals surface area contributed by atoms with Crippen LogP contribution in [0.5, 0.6) is 0 Å². The molecule has 0 amide bonds. The van der Waals surface area contributed by atoms with Crippen LogP contribution in [0.2, 0.25) is 13.1 Å². The molecule has 3 nitrogen and oxygen atoms in total. The predicted octanol–water partition coefficient (Wildman–Crippen LogP) is 1.65. The van der Waals surface area contributed by atoms with Crippen molar-refractivity contribution in [3.8, 4) is 0 Å². The number of halogens is 1. The average Bonchev–Trinajstić information content (AvgIpc) is 2.41. The summed E-state index contributed by atoms with van der Waals surface area (Å²) in [4.78, 5) is 22.7. The van der Waals surface area contributed by atoms with Gasteiger partial charge in [0.25, 0.3) is 0 Å². The molecule has 0 fully saturated rings. The van der Waals surface area contributed by atoms with Gasteiger partial charge in [-0.1, -0.05) is 25.2 Å². The number of rotatable bonds is 1. The first-order valence-electron chi connectivity index (χ1n) is 4.50. The first-order chi connectivity index (χ1) is 6.91. The molecule has 0 aromatic heterocycles. The Labute approximate surface area is 92.7 Å². The summed E-state index contributed by atoms with van der Waals surface area (Å²) in [7, 11) is -2.14. The molecule has 0 radical (unpaired) electrons. The molecule has 1 aliphatic rings. The first kappa shape index (κ1) is 10.4. The van der Waals surface area contributed by atoms with Crippen molar-refractivity contribution in [2.45, 2.75) is 13.1 Å². The molecule has 0 bridgehead atoms. The Morgan fingerprint density at radius 3 is 2.47 bits per heavy atom. The summed E-state index contributed by atoms with van der Waals surface area (Å²) in [5.41, 5.74) is 0.688. The van der Waals surface area contributed by atoms with E-state index in [0.717, 1.165) is 5.19 Å². The van der Waals surface area contributed by atoms with Crippen molar-refractivity contribution < 1.29 is 14.3 Å². The highest BCUT2D eigenvalue weighted by molar-refractivity contribution is 7.26. The second kappa shape index (κ2) is 3.18. The van der Waals surface area contributed by atoms with Crippen LogP contribution in [-0.2, 0) is 4.74 Å². The van der Waals surface area contributed by atoms with Crippen molar-refractivity contribution in [1.29, 1.82) is 0 Å². The van der Waals surface area contributed by atoms with Gasteiger partial charge in [0.1, 0.15) is 0 Å². The van der Waals surface area contributed by atoms with E-state index >= 15 is 0 Å². The Kier molecular flexibility index (Phi) is 2.20. The Hall–Kier alpha value is -1.13. The van der Waals surface area contributed by atoms with Gasteiger partial charge in [-0.3, -0.25) is 0 Å². The van der Waals surface area contributed by atoms with Gasteiger partial charge in [-0.2, -0.15) is 11.1 Å². The number of carbonyl (C=O) groups is 2. The summed E-state index contributed by atoms with van der Waals surface area (Å²) < 4.78 is 4.55. The SMILES string of the molecule is C[Si](C)(Cl)c1cccc2c1C(=O)OC2=O. The van der Waals surface area contributed by atoms with Gasteiger partial charge in [-0.25, -0.2) is 9.59 Å². The molecule has 0 aliphatic carbocycles. The largest absolute Gasteiger partial charge is 0.386 e. The minimum absolute atomic E-state index is 0.332. The number of carbonyl (C=O) groups excluding carboxylic acids is 2. The van der Waals surface area contributed by atoms with Crippen LogP contribution in [0.15, 0.2) is 18.2 Å². The lowest BCUT2D eigenvalue weighted by molar-refractivity contribution is 0.0444. The number of esters is 2. The van der Waals surface area contributed by atoms with Crippen molar-refractivity contribution in [3.63, 3.8) is 0 Å². The fraction of sp³-hybridized carbons (Fsp3) is 0.200. The molecule has 15 heavy (non-hydrogen) atoms. The highest BCUT2D eigenvalue weighted by Gasteiger charge is 2.36. The Bertz CT molecular complexity index is 462. The summed E-state index contributed by atoms with van der Waals surface area (Å²) in [6, 6.07) is 5.10. The van der Waals surface area contributed by atoms with Crippen LogP contribution in [0, 0.1) is 0 Å². The second-order valence-electron chi connectivity index (χ2n) is 3.88. The highest BCUT2D eigenvalue weighted by Crippen LogP contribution is 2.21. The van der Waals surface area contributed by atoms with E-state index in [1.165, 1.54) is 0 Å². The molecule has 0 N–H and O–H groups in total. The lowest BCUT2D eigenvalue weighted by Gasteiger charge is -2.15. The summed E-state index contributed by atoms with van der Waals surface area (Å²) in [6.45, 7) is 3.81. The Morgan fingerprint density at radius 2 is 1.87 bits per heavy atom. The molecule has 78 valence electrons. The van der Waals surface area contributed by atoms with Crippen LogP contribution in [0.25, 0.3) is 0 Å². The zero-order chi connectivity index (χ0) is 11.2. The van der Waals surface area contributed by atoms with E-state index in [4.69, 9.17) is 11.1 Å². The molecule has 0 unspecified atom stereocenters. The maximum atomic E-state index is 11.5. The van der Waals surface area contributed by atoms with Crippen LogP contribution in [0.1, 0.15) is 20.7 Å². The minimum Gasteiger partial charge on any atom is -0.386 e. The van der Waals surface area contributed by atoms with Crippen LogP contribution < -0.4 is 5.19 Å². The van der Waals surface area contributed by atoms with Gasteiger partial charge in [0, 0.05) is 0 Å². The number of fused-ring (bicyclic) bond motifs is 1. The van der Waals surface area contributed by atoms with E-state index in [2.05, 4.69) is 4.74 Å². The van der Waals surface area contributed by atoms with Gasteiger partial charge in [0.2, 0.25) is 0 Å². The van der Waals surface area contributed by atoms with E-state index < -0.39 is 19.3 Å². The topological polar surface area (TPSA) is 43.4 Å². The van der Waals surface area contributed by atoms with E-state index in [1.807, 2.05) is 13.1 Å². The van der Waals surface area contributed by atoms with Crippen molar-refractivity contribution >= 4 is 35.6 Å². The molecule has 1 heterocycles. The van der Waals surface area contributed by atoms with Gasteiger partial charge in [-0.05, 0) is 11.3 Å². The molecule has 0 saturated carbocycles. The predicted molar refractivity (Wildman–Crippen MR) is 59.2 cm³/mol. The molecular weight excluding hydrogens is 232 g/mol. The molecule has 2 rings (SSSR count). The van der Waals surface area contributed by atoms with Gasteiger partial charge in [-0.15, -0.1) is 0 Å². The van der Waals surface area contributed by atoms with Crippen LogP contribution in [0.4, 0.5) is 0 Å². The molecule has 0 spiro atoms. The summed E-state index contributed by atoms with van der Waals surface area (Å²) in [6.07, 6.45) is 0. The number of ether oxygens (including phenoxy) is 1. The number of hydrogen-bond donors (Lipinski definition) is 0. The third-order valence-corrected chi connectivity index (χ3v) is 4.62. The maximum Gasteiger partial charge on any atom is 0.346 e. The average molecular weight is 241 g/mol. The summed E-state index contributed by atoms with van der Waals surface area (Å²) >= 11 is 6.28. The Balaban J connectivity index is 2.71. The van der Waals surface area contributed by atoms with Gasteiger partial charge < -0.3 is 4.74 Å². The number of benzene rings is 1. The molecule has 1 aromatic carbocycles. The van der Waals surface area contributed by atoms with Crippen LogP contribution in [0.3, 0.4) is 0 Å². The Morgan fingerprint density at radius 1 is 1.20 bits per heavy atom. The van der Waals surface area contributed by atoms with E-state index in [-0.39, 0.29) is 0 Å². The first-order valence-corrected chi connectivity index (χ1v) is 8.51. The molecule has 0 atom stereocenters. The third kappa shape index (κ3) is 1.59. The van der Waals surface area contributed by atoms with Gasteiger partial charge in [0.15, 0.2) is 7.38 Å². The second-order valence-corrected chi connectivity index (χ2v) is 10.2. The molecule has 0 saturated heterocycles. The van der Waals surface area contributed by atoms with Crippen molar-refractivity contribution in [1.82, 2.24) is 0 Å². The molecule has 1 aromatic rings. The summed E-state index contributed by atoms with van der Waals surface area (Å²) in [5.74, 6) is -1.15. The third-order valence-electron chi connectivity index (χ3n) is 2.31. The van der Waals surface area contributed by atoms with E-state index in [9.17, 15) is 9.59 Å². The zero-order valence-electron chi connectivity index (χ0n) is 8.33. The van der Waals surface area contributed by atoms with Crippen molar-refractivity contribution in [3.05, 3.63) is 29.3 Å². The van der Waals surface area contributed by atoms with E-state index in [0.29, 0.717) is 11.1 Å². The van der Waals surface area contributed by atoms with Crippen LogP contribution >= 0.6 is 11.1 Å². The fourth-order valence-corrected chi connectivity index (χ4v) is 3.42. The zero-order valence-corrected chi connectivity index (χ0v) is 10.1. The quantitative estimate of drug-likeness (QED) is 0.325. The van der Waals surface area contributed by atoms with Gasteiger partial charge in [0.05, 0.1) is 11.1 Å². The number of cyclic esters (lactones) is 2. The van der Waals surface area contributed by atoms with Crippen LogP contribution in [-0.4, -0.2) is 19.3 Å². The van der Waals surface area contributed by atoms with E-state index in [1.54, 1.807) is 18.2 Å². The smallest absolute Gasteiger partial charge is 0.346 e. The summed E-state index contributed by atoms with van der Waals surface area (Å²) in [5, 5.41) is 0.762. The maximum absolute atomic E-state index is 11.5. The molecular formula is C10H9ClO3Si. The monoisotopic (exact) mass is 240 g/mol.